The zero-order chi connectivity index (χ0) is 23.8. The number of anilines is 1. The van der Waals surface area contributed by atoms with E-state index < -0.39 is 17.8 Å². The molecule has 7 nitrogen and oxygen atoms in total. The van der Waals surface area contributed by atoms with E-state index in [9.17, 15) is 18.0 Å². The normalized spacial score (nSPS) is 24.3. The number of carbonyl (C=O) groups excluding carboxylic acids is 1. The second kappa shape index (κ2) is 7.16. The minimum Gasteiger partial charge on any atom is -0.363 e. The first kappa shape index (κ1) is 21.4. The van der Waals surface area contributed by atoms with E-state index in [0.29, 0.717) is 42.0 Å². The molecule has 0 saturated heterocycles. The first-order chi connectivity index (χ1) is 16.1. The van der Waals surface area contributed by atoms with Crippen molar-refractivity contribution in [1.29, 1.82) is 0 Å². The fourth-order valence-corrected chi connectivity index (χ4v) is 6.03. The third-order valence-electron chi connectivity index (χ3n) is 7.81. The molecule has 10 heteroatoms. The summed E-state index contributed by atoms with van der Waals surface area (Å²) in [5, 5.41) is 11.6. The molecular formula is C24H25F3N6O. The molecule has 2 bridgehead atoms. The number of aryl methyl sites for hydroxylation is 1. The maximum Gasteiger partial charge on any atom is 0.416 e. The number of rotatable bonds is 4. The van der Waals surface area contributed by atoms with Gasteiger partial charge in [-0.1, -0.05) is 12.1 Å². The molecule has 3 saturated carbocycles. The monoisotopic (exact) mass is 470 g/mol. The first-order valence-electron chi connectivity index (χ1n) is 11.6. The van der Waals surface area contributed by atoms with Gasteiger partial charge in [0.2, 0.25) is 5.91 Å². The fourth-order valence-electron chi connectivity index (χ4n) is 6.03. The van der Waals surface area contributed by atoms with E-state index in [1.54, 1.807) is 13.0 Å². The van der Waals surface area contributed by atoms with Crippen LogP contribution in [-0.4, -0.2) is 30.4 Å². The molecule has 1 amide bonds. The molecule has 3 heterocycles. The van der Waals surface area contributed by atoms with Crippen LogP contribution in [0.4, 0.5) is 19.0 Å². The molecule has 0 unspecified atom stereocenters. The number of nitrogens with zero attached hydrogens (tertiary/aromatic N) is 5. The van der Waals surface area contributed by atoms with E-state index >= 15 is 0 Å². The number of halogens is 3. The van der Waals surface area contributed by atoms with Crippen LogP contribution in [0.1, 0.15) is 66.9 Å². The molecule has 4 aliphatic rings. The molecule has 1 N–H and O–H groups in total. The Balaban J connectivity index is 1.34. The summed E-state index contributed by atoms with van der Waals surface area (Å²) in [5.74, 6) is 2.52. The molecule has 7 rings (SSSR count). The average Bonchev–Trinajstić information content (AvgIpc) is 3.55. The van der Waals surface area contributed by atoms with Crippen LogP contribution in [0.2, 0.25) is 0 Å². The van der Waals surface area contributed by atoms with Crippen LogP contribution in [0, 0.1) is 18.3 Å². The smallest absolute Gasteiger partial charge is 0.363 e. The first-order valence-corrected chi connectivity index (χ1v) is 11.6. The van der Waals surface area contributed by atoms with Gasteiger partial charge in [0.15, 0.2) is 0 Å². The number of hydrogen-bond acceptors (Lipinski definition) is 5. The highest BCUT2D eigenvalue weighted by molar-refractivity contribution is 5.85. The van der Waals surface area contributed by atoms with Crippen molar-refractivity contribution in [1.82, 2.24) is 24.5 Å². The van der Waals surface area contributed by atoms with Crippen LogP contribution in [0.3, 0.4) is 0 Å². The van der Waals surface area contributed by atoms with Gasteiger partial charge < -0.3 is 10.2 Å². The fraction of sp³-hybridized carbons (Fsp3) is 0.500. The van der Waals surface area contributed by atoms with Crippen molar-refractivity contribution >= 4 is 17.5 Å². The lowest BCUT2D eigenvalue weighted by molar-refractivity contribution is -0.147. The maximum atomic E-state index is 13.5. The Bertz CT molecular complexity index is 1300. The summed E-state index contributed by atoms with van der Waals surface area (Å²) in [6, 6.07) is 4.85. The van der Waals surface area contributed by atoms with E-state index in [1.165, 1.54) is 6.07 Å². The molecule has 178 valence electrons. The van der Waals surface area contributed by atoms with Crippen molar-refractivity contribution in [2.45, 2.75) is 64.8 Å². The lowest BCUT2D eigenvalue weighted by Gasteiger charge is -2.39. The highest BCUT2D eigenvalue weighted by atomic mass is 19.4. The van der Waals surface area contributed by atoms with Crippen molar-refractivity contribution in [3.63, 3.8) is 0 Å². The number of carbonyl (C=O) groups is 1. The topological polar surface area (TPSA) is 75.4 Å². The highest BCUT2D eigenvalue weighted by Crippen LogP contribution is 2.60. The predicted octanol–water partition coefficient (Wildman–Crippen LogP) is 4.66. The molecule has 1 aliphatic heterocycles. The summed E-state index contributed by atoms with van der Waals surface area (Å²) >= 11 is 0. The molecule has 3 fully saturated rings. The molecule has 2 aromatic heterocycles. The van der Waals surface area contributed by atoms with Gasteiger partial charge >= 0.3 is 6.18 Å². The van der Waals surface area contributed by atoms with Gasteiger partial charge in [-0.05, 0) is 63.1 Å². The molecule has 1 atom stereocenters. The van der Waals surface area contributed by atoms with Crippen molar-refractivity contribution in [3.8, 4) is 0 Å². The third-order valence-corrected chi connectivity index (χ3v) is 7.81. The van der Waals surface area contributed by atoms with Gasteiger partial charge in [0, 0.05) is 17.0 Å². The summed E-state index contributed by atoms with van der Waals surface area (Å²) < 4.78 is 41.5. The van der Waals surface area contributed by atoms with Gasteiger partial charge in [-0.25, -0.2) is 0 Å². The van der Waals surface area contributed by atoms with Crippen LogP contribution in [-0.2, 0) is 24.1 Å². The van der Waals surface area contributed by atoms with Crippen LogP contribution in [0.15, 0.2) is 24.3 Å². The zero-order valence-electron chi connectivity index (χ0n) is 19.0. The van der Waals surface area contributed by atoms with E-state index in [1.807, 2.05) is 16.2 Å². The Labute approximate surface area is 194 Å². The van der Waals surface area contributed by atoms with Crippen molar-refractivity contribution in [2.75, 3.05) is 5.32 Å². The van der Waals surface area contributed by atoms with Gasteiger partial charge in [-0.3, -0.25) is 9.20 Å². The van der Waals surface area contributed by atoms with Crippen molar-refractivity contribution in [3.05, 3.63) is 52.5 Å². The number of benzene rings is 1. The Morgan fingerprint density at radius 1 is 1.24 bits per heavy atom. The van der Waals surface area contributed by atoms with Crippen LogP contribution >= 0.6 is 0 Å². The summed E-state index contributed by atoms with van der Waals surface area (Å²) in [7, 11) is 0. The van der Waals surface area contributed by atoms with Gasteiger partial charge in [-0.2, -0.15) is 18.2 Å². The zero-order valence-corrected chi connectivity index (χ0v) is 19.0. The lowest BCUT2D eigenvalue weighted by atomic mass is 9.69. The van der Waals surface area contributed by atoms with Gasteiger partial charge in [-0.15, -0.1) is 10.2 Å². The molecule has 3 aliphatic carbocycles. The molecule has 34 heavy (non-hydrogen) atoms. The van der Waals surface area contributed by atoms with Crippen LogP contribution in [0.25, 0.3) is 5.78 Å². The summed E-state index contributed by atoms with van der Waals surface area (Å²) in [4.78, 5) is 20.0. The number of alkyl halides is 3. The number of fused-ring (bicyclic) bond motifs is 4. The molecule has 0 spiro atoms. The molecule has 3 aromatic rings. The van der Waals surface area contributed by atoms with Gasteiger partial charge in [0.1, 0.15) is 11.6 Å². The maximum absolute atomic E-state index is 13.5. The van der Waals surface area contributed by atoms with E-state index in [-0.39, 0.29) is 11.3 Å². The quantitative estimate of drug-likeness (QED) is 0.601. The largest absolute Gasteiger partial charge is 0.416 e. The minimum absolute atomic E-state index is 0.202. The second-order valence-corrected chi connectivity index (χ2v) is 10.0. The number of nitrogens with one attached hydrogen (secondary N) is 1. The SMILES string of the molecule is Cc1nnc2nc(N[C@H](C)c3cccc(C(F)(F)F)c3)c3c(n12)CN(C(=O)C12CCC(C1)C2)C3. The predicted molar refractivity (Wildman–Crippen MR) is 118 cm³/mol. The number of amides is 1. The lowest BCUT2D eigenvalue weighted by Crippen LogP contribution is -2.44. The van der Waals surface area contributed by atoms with E-state index in [0.717, 1.165) is 49.1 Å². The van der Waals surface area contributed by atoms with Gasteiger partial charge in [0.25, 0.3) is 5.78 Å². The number of aromatic nitrogens is 4. The second-order valence-electron chi connectivity index (χ2n) is 10.0. The van der Waals surface area contributed by atoms with Crippen molar-refractivity contribution < 1.29 is 18.0 Å². The Morgan fingerprint density at radius 3 is 2.74 bits per heavy atom. The summed E-state index contributed by atoms with van der Waals surface area (Å²) in [6.45, 7) is 4.51. The van der Waals surface area contributed by atoms with Gasteiger partial charge in [0.05, 0.1) is 24.3 Å². The molecule has 0 radical (unpaired) electrons. The third kappa shape index (κ3) is 3.18. The van der Waals surface area contributed by atoms with Crippen LogP contribution in [0.5, 0.6) is 0 Å². The highest BCUT2D eigenvalue weighted by Gasteiger charge is 2.57. The standard InChI is InChI=1S/C24H25F3N6O/c1-13(16-4-3-5-17(8-16)24(25,26)27)28-20-18-11-32(21(34)23-7-6-15(9-23)10-23)12-19(18)33-14(2)30-31-22(33)29-20/h3-5,8,13,15H,6-7,9-12H2,1-2H3,(H,28,29,31)/t13-,15?,23?/m1/s1. The van der Waals surface area contributed by atoms with E-state index in [4.69, 9.17) is 0 Å². The molecule has 1 aromatic carbocycles. The summed E-state index contributed by atoms with van der Waals surface area (Å²) in [5.41, 5.74) is 1.38. The average molecular weight is 470 g/mol. The molecular weight excluding hydrogens is 445 g/mol. The Kier molecular flexibility index (Phi) is 4.50. The Morgan fingerprint density at radius 2 is 2.03 bits per heavy atom. The van der Waals surface area contributed by atoms with Crippen molar-refractivity contribution in [2.24, 2.45) is 11.3 Å². The van der Waals surface area contributed by atoms with E-state index in [2.05, 4.69) is 20.5 Å². The number of hydrogen-bond donors (Lipinski definition) is 1. The van der Waals surface area contributed by atoms with Crippen LogP contribution < -0.4 is 5.32 Å². The minimum atomic E-state index is -4.41. The summed E-state index contributed by atoms with van der Waals surface area (Å²) in [6.07, 6.45) is -0.357. The Hall–Kier alpha value is -3.17.